The van der Waals surface area contributed by atoms with Gasteiger partial charge in [-0.1, -0.05) is 24.3 Å². The molecule has 2 aromatic carbocycles. The van der Waals surface area contributed by atoms with Gasteiger partial charge in [-0.3, -0.25) is 9.69 Å². The number of sulfonamides is 1. The minimum atomic E-state index is -3.12. The third kappa shape index (κ3) is 5.79. The first-order chi connectivity index (χ1) is 13.9. The summed E-state index contributed by atoms with van der Waals surface area (Å²) in [6.45, 7) is 5.58. The van der Waals surface area contributed by atoms with Crippen molar-refractivity contribution in [3.05, 3.63) is 59.7 Å². The van der Waals surface area contributed by atoms with E-state index in [1.807, 2.05) is 43.3 Å². The lowest BCUT2D eigenvalue weighted by Crippen LogP contribution is -2.47. The molecule has 0 aliphatic carbocycles. The molecular weight excluding hydrogens is 390 g/mol. The molecule has 1 aliphatic rings. The number of anilines is 1. The SMILES string of the molecule is CCOc1ccccc1NC(=O)c1ccc(CN2CCN(S(C)(=O)=O)CC2)cc1. The van der Waals surface area contributed by atoms with Crippen molar-refractivity contribution in [2.24, 2.45) is 0 Å². The van der Waals surface area contributed by atoms with E-state index >= 15 is 0 Å². The van der Waals surface area contributed by atoms with Crippen molar-refractivity contribution in [3.8, 4) is 5.75 Å². The fourth-order valence-electron chi connectivity index (χ4n) is 3.28. The average molecular weight is 418 g/mol. The van der Waals surface area contributed by atoms with E-state index < -0.39 is 10.0 Å². The van der Waals surface area contributed by atoms with E-state index in [4.69, 9.17) is 4.74 Å². The molecule has 0 atom stereocenters. The van der Waals surface area contributed by atoms with Crippen molar-refractivity contribution in [2.45, 2.75) is 13.5 Å². The summed E-state index contributed by atoms with van der Waals surface area (Å²) in [6, 6.07) is 14.8. The molecular formula is C21H27N3O4S. The summed E-state index contributed by atoms with van der Waals surface area (Å²) < 4.78 is 30.3. The minimum absolute atomic E-state index is 0.189. The maximum Gasteiger partial charge on any atom is 0.255 e. The summed E-state index contributed by atoms with van der Waals surface area (Å²) >= 11 is 0. The van der Waals surface area contributed by atoms with Crippen LogP contribution in [0, 0.1) is 0 Å². The van der Waals surface area contributed by atoms with Crippen molar-refractivity contribution in [3.63, 3.8) is 0 Å². The van der Waals surface area contributed by atoms with E-state index in [9.17, 15) is 13.2 Å². The van der Waals surface area contributed by atoms with Gasteiger partial charge in [0.15, 0.2) is 0 Å². The molecule has 156 valence electrons. The van der Waals surface area contributed by atoms with Crippen molar-refractivity contribution in [2.75, 3.05) is 44.4 Å². The highest BCUT2D eigenvalue weighted by atomic mass is 32.2. The standard InChI is InChI=1S/C21H27N3O4S/c1-3-28-20-7-5-4-6-19(20)22-21(25)18-10-8-17(9-11-18)16-23-12-14-24(15-13-23)29(2,26)27/h4-11H,3,12-16H2,1-2H3,(H,22,25). The maximum absolute atomic E-state index is 12.6. The van der Waals surface area contributed by atoms with Crippen molar-refractivity contribution < 1.29 is 17.9 Å². The van der Waals surface area contributed by atoms with Crippen LogP contribution in [0.2, 0.25) is 0 Å². The molecule has 0 unspecified atom stereocenters. The first-order valence-corrected chi connectivity index (χ1v) is 11.5. The Kier molecular flexibility index (Phi) is 6.89. The topological polar surface area (TPSA) is 79.0 Å². The Bertz CT molecular complexity index is 937. The lowest BCUT2D eigenvalue weighted by molar-refractivity contribution is 0.102. The number of nitrogens with zero attached hydrogens (tertiary/aromatic N) is 2. The summed E-state index contributed by atoms with van der Waals surface area (Å²) in [7, 11) is -3.12. The van der Waals surface area contributed by atoms with Crippen LogP contribution >= 0.6 is 0 Å². The number of amides is 1. The van der Waals surface area contributed by atoms with Gasteiger partial charge < -0.3 is 10.1 Å². The smallest absolute Gasteiger partial charge is 0.255 e. The maximum atomic E-state index is 12.6. The number of carbonyl (C=O) groups excluding carboxylic acids is 1. The van der Waals surface area contributed by atoms with E-state index in [0.29, 0.717) is 49.8 Å². The van der Waals surface area contributed by atoms with Crippen LogP contribution < -0.4 is 10.1 Å². The zero-order valence-electron chi connectivity index (χ0n) is 16.8. The quantitative estimate of drug-likeness (QED) is 0.749. The van der Waals surface area contributed by atoms with Crippen LogP contribution in [0.1, 0.15) is 22.8 Å². The Morgan fingerprint density at radius 2 is 1.69 bits per heavy atom. The molecule has 1 fully saturated rings. The Balaban J connectivity index is 1.57. The normalized spacial score (nSPS) is 15.8. The van der Waals surface area contributed by atoms with E-state index in [1.165, 1.54) is 10.6 Å². The van der Waals surface area contributed by atoms with E-state index in [-0.39, 0.29) is 5.91 Å². The van der Waals surface area contributed by atoms with Gasteiger partial charge in [0.05, 0.1) is 18.6 Å². The van der Waals surface area contributed by atoms with Gasteiger partial charge in [-0.2, -0.15) is 4.31 Å². The third-order valence-electron chi connectivity index (χ3n) is 4.86. The highest BCUT2D eigenvalue weighted by Crippen LogP contribution is 2.24. The number of nitrogens with one attached hydrogen (secondary N) is 1. The lowest BCUT2D eigenvalue weighted by atomic mass is 10.1. The van der Waals surface area contributed by atoms with Gasteiger partial charge in [0.25, 0.3) is 5.91 Å². The largest absolute Gasteiger partial charge is 0.492 e. The van der Waals surface area contributed by atoms with E-state index in [2.05, 4.69) is 10.2 Å². The van der Waals surface area contributed by atoms with Crippen LogP contribution in [0.5, 0.6) is 5.75 Å². The molecule has 1 aliphatic heterocycles. The van der Waals surface area contributed by atoms with Gasteiger partial charge in [-0.05, 0) is 36.8 Å². The van der Waals surface area contributed by atoms with Crippen LogP contribution in [0.3, 0.4) is 0 Å². The number of hydrogen-bond donors (Lipinski definition) is 1. The molecule has 0 aromatic heterocycles. The Labute approximate surface area is 172 Å². The number of ether oxygens (including phenoxy) is 1. The summed E-state index contributed by atoms with van der Waals surface area (Å²) in [6.07, 6.45) is 1.25. The minimum Gasteiger partial charge on any atom is -0.492 e. The second kappa shape index (κ2) is 9.39. The molecule has 0 spiro atoms. The van der Waals surface area contributed by atoms with Crippen molar-refractivity contribution in [1.82, 2.24) is 9.21 Å². The predicted molar refractivity (Wildman–Crippen MR) is 114 cm³/mol. The van der Waals surface area contributed by atoms with Gasteiger partial charge in [0.1, 0.15) is 5.75 Å². The van der Waals surface area contributed by atoms with Crippen LogP contribution in [-0.2, 0) is 16.6 Å². The van der Waals surface area contributed by atoms with E-state index in [0.717, 1.165) is 12.1 Å². The van der Waals surface area contributed by atoms with Crippen LogP contribution in [0.4, 0.5) is 5.69 Å². The van der Waals surface area contributed by atoms with Crippen molar-refractivity contribution in [1.29, 1.82) is 0 Å². The van der Waals surface area contributed by atoms with Gasteiger partial charge >= 0.3 is 0 Å². The monoisotopic (exact) mass is 417 g/mol. The number of rotatable bonds is 7. The molecule has 1 N–H and O–H groups in total. The molecule has 8 heteroatoms. The lowest BCUT2D eigenvalue weighted by Gasteiger charge is -2.33. The molecule has 0 radical (unpaired) electrons. The Morgan fingerprint density at radius 1 is 1.03 bits per heavy atom. The fraction of sp³-hybridized carbons (Fsp3) is 0.381. The summed E-state index contributed by atoms with van der Waals surface area (Å²) in [5.74, 6) is 0.457. The van der Waals surface area contributed by atoms with Crippen LogP contribution in [-0.4, -0.2) is 62.6 Å². The van der Waals surface area contributed by atoms with Crippen molar-refractivity contribution >= 4 is 21.6 Å². The second-order valence-electron chi connectivity index (χ2n) is 7.02. The van der Waals surface area contributed by atoms with Gasteiger partial charge in [-0.15, -0.1) is 0 Å². The molecule has 1 amide bonds. The zero-order valence-corrected chi connectivity index (χ0v) is 17.6. The molecule has 7 nitrogen and oxygen atoms in total. The first kappa shape index (κ1) is 21.3. The Hall–Kier alpha value is -2.42. The van der Waals surface area contributed by atoms with Gasteiger partial charge in [0.2, 0.25) is 10.0 Å². The van der Waals surface area contributed by atoms with Gasteiger partial charge in [0, 0.05) is 38.3 Å². The molecule has 0 bridgehead atoms. The number of benzene rings is 2. The van der Waals surface area contributed by atoms with Gasteiger partial charge in [-0.25, -0.2) is 8.42 Å². The fourth-order valence-corrected chi connectivity index (χ4v) is 4.11. The molecule has 3 rings (SSSR count). The number of para-hydroxylation sites is 2. The molecule has 1 saturated heterocycles. The highest BCUT2D eigenvalue weighted by Gasteiger charge is 2.23. The number of carbonyl (C=O) groups is 1. The highest BCUT2D eigenvalue weighted by molar-refractivity contribution is 7.88. The molecule has 2 aromatic rings. The summed E-state index contributed by atoms with van der Waals surface area (Å²) in [5.41, 5.74) is 2.30. The molecule has 29 heavy (non-hydrogen) atoms. The first-order valence-electron chi connectivity index (χ1n) is 9.66. The molecule has 1 heterocycles. The van der Waals surface area contributed by atoms with Crippen LogP contribution in [0.15, 0.2) is 48.5 Å². The number of hydrogen-bond acceptors (Lipinski definition) is 5. The summed E-state index contributed by atoms with van der Waals surface area (Å²) in [4.78, 5) is 14.8. The predicted octanol–water partition coefficient (Wildman–Crippen LogP) is 2.41. The average Bonchev–Trinajstić information content (AvgIpc) is 2.70. The summed E-state index contributed by atoms with van der Waals surface area (Å²) in [5, 5.41) is 2.89. The third-order valence-corrected chi connectivity index (χ3v) is 6.16. The zero-order chi connectivity index (χ0) is 20.9. The second-order valence-corrected chi connectivity index (χ2v) is 9.00. The van der Waals surface area contributed by atoms with E-state index in [1.54, 1.807) is 12.1 Å². The molecule has 0 saturated carbocycles. The number of piperazine rings is 1. The Morgan fingerprint density at radius 3 is 2.31 bits per heavy atom. The van der Waals surface area contributed by atoms with Crippen LogP contribution in [0.25, 0.3) is 0 Å².